The minimum absolute atomic E-state index is 0.775. The fourth-order valence-corrected chi connectivity index (χ4v) is 2.37. The summed E-state index contributed by atoms with van der Waals surface area (Å²) in [4.78, 5) is 2.32. The molecule has 2 heterocycles. The van der Waals surface area contributed by atoms with E-state index in [-0.39, 0.29) is 0 Å². The lowest BCUT2D eigenvalue weighted by Gasteiger charge is -2.30. The van der Waals surface area contributed by atoms with E-state index < -0.39 is 0 Å². The third-order valence-corrected chi connectivity index (χ3v) is 3.16. The molecule has 1 aliphatic rings. The highest BCUT2D eigenvalue weighted by molar-refractivity contribution is 5.61. The van der Waals surface area contributed by atoms with Gasteiger partial charge in [0, 0.05) is 24.0 Å². The monoisotopic (exact) mass is 229 g/mol. The SMILES string of the molecule is Nc1ccc2c(c1)CCCN2Cc1ccno1. The van der Waals surface area contributed by atoms with Gasteiger partial charge < -0.3 is 15.2 Å². The summed E-state index contributed by atoms with van der Waals surface area (Å²) in [6.07, 6.45) is 3.95. The minimum Gasteiger partial charge on any atom is -0.399 e. The predicted molar refractivity (Wildman–Crippen MR) is 66.7 cm³/mol. The second-order valence-electron chi connectivity index (χ2n) is 4.39. The number of anilines is 2. The van der Waals surface area contributed by atoms with Gasteiger partial charge in [-0.2, -0.15) is 0 Å². The van der Waals surface area contributed by atoms with Crippen molar-refractivity contribution < 1.29 is 4.52 Å². The van der Waals surface area contributed by atoms with Gasteiger partial charge in [0.25, 0.3) is 0 Å². The van der Waals surface area contributed by atoms with Crippen LogP contribution in [0.4, 0.5) is 11.4 Å². The van der Waals surface area contributed by atoms with Crippen molar-refractivity contribution in [1.82, 2.24) is 5.16 Å². The van der Waals surface area contributed by atoms with Crippen LogP contribution in [0.1, 0.15) is 17.7 Å². The van der Waals surface area contributed by atoms with E-state index in [4.69, 9.17) is 10.3 Å². The number of aryl methyl sites for hydroxylation is 1. The van der Waals surface area contributed by atoms with Crippen molar-refractivity contribution in [2.24, 2.45) is 0 Å². The summed E-state index contributed by atoms with van der Waals surface area (Å²) in [6, 6.07) is 8.03. The average Bonchev–Trinajstić information content (AvgIpc) is 2.82. The first-order valence-corrected chi connectivity index (χ1v) is 5.86. The van der Waals surface area contributed by atoms with E-state index in [0.29, 0.717) is 0 Å². The first-order valence-electron chi connectivity index (χ1n) is 5.86. The Bertz CT molecular complexity index is 507. The van der Waals surface area contributed by atoms with Gasteiger partial charge in [-0.3, -0.25) is 0 Å². The maximum atomic E-state index is 5.82. The van der Waals surface area contributed by atoms with Crippen LogP contribution >= 0.6 is 0 Å². The van der Waals surface area contributed by atoms with E-state index in [1.54, 1.807) is 6.20 Å². The van der Waals surface area contributed by atoms with E-state index in [0.717, 1.165) is 37.4 Å². The Morgan fingerprint density at radius 3 is 3.12 bits per heavy atom. The summed E-state index contributed by atoms with van der Waals surface area (Å²) in [7, 11) is 0. The second kappa shape index (κ2) is 4.13. The maximum Gasteiger partial charge on any atom is 0.155 e. The molecule has 88 valence electrons. The number of aromatic nitrogens is 1. The van der Waals surface area contributed by atoms with Crippen molar-refractivity contribution in [3.05, 3.63) is 41.8 Å². The summed E-state index contributed by atoms with van der Waals surface area (Å²) >= 11 is 0. The molecule has 4 nitrogen and oxygen atoms in total. The molecule has 0 radical (unpaired) electrons. The van der Waals surface area contributed by atoms with Crippen molar-refractivity contribution >= 4 is 11.4 Å². The zero-order valence-electron chi connectivity index (χ0n) is 9.60. The van der Waals surface area contributed by atoms with Crippen molar-refractivity contribution in [2.45, 2.75) is 19.4 Å². The molecule has 0 unspecified atom stereocenters. The molecule has 0 fully saturated rings. The van der Waals surface area contributed by atoms with Gasteiger partial charge in [-0.05, 0) is 36.6 Å². The molecule has 17 heavy (non-hydrogen) atoms. The molecule has 1 aromatic heterocycles. The van der Waals surface area contributed by atoms with Gasteiger partial charge in [0.05, 0.1) is 12.7 Å². The zero-order chi connectivity index (χ0) is 11.7. The molecule has 0 bridgehead atoms. The standard InChI is InChI=1S/C13H15N3O/c14-11-3-4-13-10(8-11)2-1-7-16(13)9-12-5-6-15-17-12/h3-6,8H,1-2,7,9,14H2. The van der Waals surface area contributed by atoms with Crippen LogP contribution in [-0.2, 0) is 13.0 Å². The summed E-state index contributed by atoms with van der Waals surface area (Å²) in [5, 5.41) is 3.74. The van der Waals surface area contributed by atoms with Crippen LogP contribution in [0.15, 0.2) is 35.0 Å². The number of benzene rings is 1. The van der Waals surface area contributed by atoms with Gasteiger partial charge in [-0.25, -0.2) is 0 Å². The highest BCUT2D eigenvalue weighted by Crippen LogP contribution is 2.29. The smallest absolute Gasteiger partial charge is 0.155 e. The highest BCUT2D eigenvalue weighted by atomic mass is 16.5. The molecule has 1 aliphatic heterocycles. The minimum atomic E-state index is 0.775. The first-order chi connectivity index (χ1) is 8.33. The molecule has 0 saturated carbocycles. The van der Waals surface area contributed by atoms with E-state index in [9.17, 15) is 0 Å². The van der Waals surface area contributed by atoms with Gasteiger partial charge in [0.2, 0.25) is 0 Å². The summed E-state index contributed by atoms with van der Waals surface area (Å²) in [5.41, 5.74) is 9.25. The van der Waals surface area contributed by atoms with Crippen LogP contribution < -0.4 is 10.6 Å². The number of rotatable bonds is 2. The molecule has 1 aromatic carbocycles. The molecule has 4 heteroatoms. The summed E-state index contributed by atoms with van der Waals surface area (Å²) in [6.45, 7) is 1.83. The largest absolute Gasteiger partial charge is 0.399 e. The average molecular weight is 229 g/mol. The topological polar surface area (TPSA) is 55.3 Å². The number of hydrogen-bond donors (Lipinski definition) is 1. The summed E-state index contributed by atoms with van der Waals surface area (Å²) < 4.78 is 5.16. The lowest BCUT2D eigenvalue weighted by atomic mass is 10.0. The fraction of sp³-hybridized carbons (Fsp3) is 0.308. The van der Waals surface area contributed by atoms with Crippen LogP contribution in [0.3, 0.4) is 0 Å². The van der Waals surface area contributed by atoms with Crippen LogP contribution in [0.2, 0.25) is 0 Å². The third kappa shape index (κ3) is 1.98. The van der Waals surface area contributed by atoms with Crippen LogP contribution in [0.25, 0.3) is 0 Å². The van der Waals surface area contributed by atoms with E-state index >= 15 is 0 Å². The fourth-order valence-electron chi connectivity index (χ4n) is 2.37. The number of hydrogen-bond acceptors (Lipinski definition) is 4. The number of nitrogen functional groups attached to an aromatic ring is 1. The lowest BCUT2D eigenvalue weighted by molar-refractivity contribution is 0.380. The Hall–Kier alpha value is -1.97. The Balaban J connectivity index is 1.89. The number of nitrogens with two attached hydrogens (primary N) is 1. The maximum absolute atomic E-state index is 5.82. The van der Waals surface area contributed by atoms with Gasteiger partial charge in [-0.1, -0.05) is 5.16 Å². The Morgan fingerprint density at radius 1 is 1.35 bits per heavy atom. The normalized spacial score (nSPS) is 14.7. The lowest BCUT2D eigenvalue weighted by Crippen LogP contribution is -2.28. The molecule has 0 amide bonds. The first kappa shape index (κ1) is 10.2. The van der Waals surface area contributed by atoms with E-state index in [1.165, 1.54) is 11.3 Å². The van der Waals surface area contributed by atoms with Gasteiger partial charge in [0.15, 0.2) is 5.76 Å². The molecule has 0 atom stereocenters. The van der Waals surface area contributed by atoms with Gasteiger partial charge in [-0.15, -0.1) is 0 Å². The number of fused-ring (bicyclic) bond motifs is 1. The van der Waals surface area contributed by atoms with Crippen molar-refractivity contribution in [2.75, 3.05) is 17.2 Å². The van der Waals surface area contributed by atoms with Crippen molar-refractivity contribution in [1.29, 1.82) is 0 Å². The van der Waals surface area contributed by atoms with Gasteiger partial charge >= 0.3 is 0 Å². The van der Waals surface area contributed by atoms with Gasteiger partial charge in [0.1, 0.15) is 0 Å². The van der Waals surface area contributed by atoms with Crippen LogP contribution in [-0.4, -0.2) is 11.7 Å². The molecule has 2 aromatic rings. The Morgan fingerprint density at radius 2 is 2.29 bits per heavy atom. The quantitative estimate of drug-likeness (QED) is 0.802. The molecular formula is C13H15N3O. The zero-order valence-corrected chi connectivity index (χ0v) is 9.60. The van der Waals surface area contributed by atoms with E-state index in [2.05, 4.69) is 22.2 Å². The molecule has 2 N–H and O–H groups in total. The Kier molecular flexibility index (Phi) is 2.48. The third-order valence-electron chi connectivity index (χ3n) is 3.16. The molecular weight excluding hydrogens is 214 g/mol. The molecule has 0 aliphatic carbocycles. The second-order valence-corrected chi connectivity index (χ2v) is 4.39. The molecule has 0 spiro atoms. The van der Waals surface area contributed by atoms with Crippen molar-refractivity contribution in [3.8, 4) is 0 Å². The van der Waals surface area contributed by atoms with Crippen LogP contribution in [0, 0.1) is 0 Å². The molecule has 3 rings (SSSR count). The Labute approximate surface area is 100 Å². The van der Waals surface area contributed by atoms with Crippen molar-refractivity contribution in [3.63, 3.8) is 0 Å². The van der Waals surface area contributed by atoms with Crippen LogP contribution in [0.5, 0.6) is 0 Å². The summed E-state index contributed by atoms with van der Waals surface area (Å²) in [5.74, 6) is 0.898. The van der Waals surface area contributed by atoms with E-state index in [1.807, 2.05) is 12.1 Å². The predicted octanol–water partition coefficient (Wildman–Crippen LogP) is 2.21. The number of nitrogens with zero attached hydrogens (tertiary/aromatic N) is 2. The highest BCUT2D eigenvalue weighted by Gasteiger charge is 2.17. The molecule has 0 saturated heterocycles.